The van der Waals surface area contributed by atoms with E-state index in [-0.39, 0.29) is 18.0 Å². The number of ether oxygens (including phenoxy) is 2. The Balaban J connectivity index is 1.52. The molecular weight excluding hydrogens is 444 g/mol. The van der Waals surface area contributed by atoms with Gasteiger partial charge >= 0.3 is 6.09 Å². The number of aromatic nitrogens is 1. The molecule has 8 heteroatoms. The first-order valence-electron chi connectivity index (χ1n) is 12.9. The zero-order chi connectivity index (χ0) is 25.3. The summed E-state index contributed by atoms with van der Waals surface area (Å²) in [5.74, 6) is 0.0943. The fourth-order valence-electron chi connectivity index (χ4n) is 5.41. The van der Waals surface area contributed by atoms with Gasteiger partial charge in [0.2, 0.25) is 0 Å². The molecule has 0 bridgehead atoms. The average molecular weight is 485 g/mol. The molecule has 1 aliphatic heterocycles. The highest BCUT2D eigenvalue weighted by atomic mass is 16.6. The van der Waals surface area contributed by atoms with Crippen LogP contribution in [0.5, 0.6) is 0 Å². The summed E-state index contributed by atoms with van der Waals surface area (Å²) in [7, 11) is 0. The van der Waals surface area contributed by atoms with E-state index in [4.69, 9.17) is 14.9 Å². The van der Waals surface area contributed by atoms with Gasteiger partial charge in [-0.3, -0.25) is 10.1 Å². The van der Waals surface area contributed by atoms with Crippen molar-refractivity contribution >= 4 is 17.7 Å². The van der Waals surface area contributed by atoms with Gasteiger partial charge < -0.3 is 24.4 Å². The molecule has 1 atom stereocenters. The zero-order valence-corrected chi connectivity index (χ0v) is 21.8. The molecule has 3 aliphatic rings. The van der Waals surface area contributed by atoms with Gasteiger partial charge in [0.25, 0.3) is 5.91 Å². The molecule has 1 saturated heterocycles. The summed E-state index contributed by atoms with van der Waals surface area (Å²) < 4.78 is 13.2. The van der Waals surface area contributed by atoms with Gasteiger partial charge in [0.1, 0.15) is 5.60 Å². The van der Waals surface area contributed by atoms with E-state index >= 15 is 0 Å². The van der Waals surface area contributed by atoms with Crippen molar-refractivity contribution in [2.24, 2.45) is 0 Å². The van der Waals surface area contributed by atoms with E-state index in [0.29, 0.717) is 24.6 Å². The number of carbonyl (C=O) groups is 2. The van der Waals surface area contributed by atoms with Crippen LogP contribution in [0.3, 0.4) is 0 Å². The Bertz CT molecular complexity index is 1010. The number of nitrogens with zero attached hydrogens (tertiary/aromatic N) is 2. The Morgan fingerprint density at radius 1 is 1.14 bits per heavy atom. The summed E-state index contributed by atoms with van der Waals surface area (Å²) in [6.07, 6.45) is 6.97. The molecule has 192 valence electrons. The smallest absolute Gasteiger partial charge is 0.411 e. The van der Waals surface area contributed by atoms with Gasteiger partial charge in [-0.25, -0.2) is 4.79 Å². The molecule has 0 spiro atoms. The van der Waals surface area contributed by atoms with E-state index in [9.17, 15) is 9.59 Å². The average Bonchev–Trinajstić information content (AvgIpc) is 3.57. The zero-order valence-electron chi connectivity index (χ0n) is 21.8. The van der Waals surface area contributed by atoms with Gasteiger partial charge in [0.05, 0.1) is 5.56 Å². The third-order valence-electron chi connectivity index (χ3n) is 7.17. The highest BCUT2D eigenvalue weighted by Gasteiger charge is 2.40. The number of nitrogens with one attached hydrogen (secondary N) is 2. The molecule has 4 rings (SSSR count). The van der Waals surface area contributed by atoms with Crippen molar-refractivity contribution in [2.75, 3.05) is 13.2 Å². The Morgan fingerprint density at radius 2 is 1.83 bits per heavy atom. The summed E-state index contributed by atoms with van der Waals surface area (Å²) in [5, 5.41) is 11.1. The topological polar surface area (TPSA) is 96.7 Å². The molecule has 2 aliphatic carbocycles. The van der Waals surface area contributed by atoms with Crippen LogP contribution < -0.4 is 5.32 Å². The maximum atomic E-state index is 13.9. The quantitative estimate of drug-likeness (QED) is 0.612. The van der Waals surface area contributed by atoms with E-state index < -0.39 is 11.7 Å². The summed E-state index contributed by atoms with van der Waals surface area (Å²) in [4.78, 5) is 28.1. The van der Waals surface area contributed by atoms with Crippen LogP contribution in [0, 0.1) is 19.3 Å². The first kappa shape index (κ1) is 25.5. The number of hydrogen-bond acceptors (Lipinski definition) is 5. The molecule has 0 aromatic carbocycles. The lowest BCUT2D eigenvalue weighted by atomic mass is 9.88. The lowest BCUT2D eigenvalue weighted by Crippen LogP contribution is -2.45. The lowest BCUT2D eigenvalue weighted by Gasteiger charge is -2.36. The molecule has 2 saturated carbocycles. The van der Waals surface area contributed by atoms with Crippen LogP contribution in [-0.4, -0.2) is 58.1 Å². The number of carbonyl (C=O) groups excluding carboxylic acids is 2. The molecule has 3 fully saturated rings. The molecule has 2 amide bonds. The minimum atomic E-state index is -0.586. The number of hydrogen-bond donors (Lipinski definition) is 2. The molecule has 1 aromatic heterocycles. The van der Waals surface area contributed by atoms with Crippen molar-refractivity contribution < 1.29 is 19.1 Å². The molecule has 1 aromatic rings. The molecule has 0 radical (unpaired) electrons. The number of rotatable bonds is 5. The Kier molecular flexibility index (Phi) is 7.40. The van der Waals surface area contributed by atoms with Gasteiger partial charge in [-0.2, -0.15) is 0 Å². The minimum Gasteiger partial charge on any atom is -0.444 e. The summed E-state index contributed by atoms with van der Waals surface area (Å²) in [5.41, 5.74) is 3.64. The summed E-state index contributed by atoms with van der Waals surface area (Å²) in [6, 6.07) is 2.70. The monoisotopic (exact) mass is 484 g/mol. The van der Waals surface area contributed by atoms with Crippen molar-refractivity contribution in [2.45, 2.75) is 103 Å². The van der Waals surface area contributed by atoms with E-state index in [1.165, 1.54) is 0 Å². The predicted molar refractivity (Wildman–Crippen MR) is 135 cm³/mol. The maximum Gasteiger partial charge on any atom is 0.411 e. The Morgan fingerprint density at radius 3 is 2.46 bits per heavy atom. The lowest BCUT2D eigenvalue weighted by molar-refractivity contribution is 0.0548. The fourth-order valence-corrected chi connectivity index (χ4v) is 5.41. The molecule has 1 unspecified atom stereocenters. The number of amides is 2. The van der Waals surface area contributed by atoms with Crippen molar-refractivity contribution in [1.82, 2.24) is 14.8 Å². The first-order valence-corrected chi connectivity index (χ1v) is 12.9. The van der Waals surface area contributed by atoms with Crippen molar-refractivity contribution in [1.29, 1.82) is 5.41 Å². The predicted octanol–water partition coefficient (Wildman–Crippen LogP) is 5.04. The van der Waals surface area contributed by atoms with Crippen molar-refractivity contribution in [3.05, 3.63) is 34.8 Å². The van der Waals surface area contributed by atoms with Gasteiger partial charge in [-0.15, -0.1) is 0 Å². The second-order valence-corrected chi connectivity index (χ2v) is 11.1. The van der Waals surface area contributed by atoms with Gasteiger partial charge in [0.15, 0.2) is 0 Å². The van der Waals surface area contributed by atoms with E-state index in [1.807, 2.05) is 26.8 Å². The highest BCUT2D eigenvalue weighted by Crippen LogP contribution is 2.37. The normalized spacial score (nSPS) is 22.8. The van der Waals surface area contributed by atoms with Crippen molar-refractivity contribution in [3.8, 4) is 0 Å². The third-order valence-corrected chi connectivity index (χ3v) is 7.17. The second kappa shape index (κ2) is 10.2. The van der Waals surface area contributed by atoms with Gasteiger partial charge in [-0.1, -0.05) is 0 Å². The largest absolute Gasteiger partial charge is 0.444 e. The van der Waals surface area contributed by atoms with Crippen LogP contribution in [0.1, 0.15) is 93.5 Å². The molecule has 35 heavy (non-hydrogen) atoms. The van der Waals surface area contributed by atoms with Gasteiger partial charge in [-0.05, 0) is 91.2 Å². The summed E-state index contributed by atoms with van der Waals surface area (Å²) in [6.45, 7) is 11.1. The Labute approximate surface area is 208 Å². The fraction of sp³-hybridized carbons (Fsp3) is 0.667. The van der Waals surface area contributed by atoms with Crippen LogP contribution in [0.15, 0.2) is 17.8 Å². The third kappa shape index (κ3) is 5.97. The second-order valence-electron chi connectivity index (χ2n) is 11.1. The standard InChI is InChI=1S/C27H40N4O4/c1-17-14-23(18(2)30(17)21-10-12-34-13-11-21)25(32)31(20-6-7-20)22-8-9-24(28)19(15-22)16-29-26(33)35-27(3,4)5/h14,16,20-22,28H,6-13,15H2,1-5H3,(H,29,33)/b19-16-,28-24?. The van der Waals surface area contributed by atoms with Crippen LogP contribution in [0.25, 0.3) is 0 Å². The van der Waals surface area contributed by atoms with Gasteiger partial charge in [0, 0.05) is 54.6 Å². The Hall–Kier alpha value is -2.61. The van der Waals surface area contributed by atoms with Crippen molar-refractivity contribution in [3.63, 3.8) is 0 Å². The number of alkyl carbamates (subject to hydrolysis) is 1. The van der Waals surface area contributed by atoms with E-state index in [1.54, 1.807) is 6.20 Å². The van der Waals surface area contributed by atoms with Crippen LogP contribution in [0.4, 0.5) is 4.79 Å². The molecule has 8 nitrogen and oxygen atoms in total. The SMILES string of the molecule is Cc1cc(C(=O)N(C2CC2)C2CCC(=N)/C(=C\NC(=O)OC(C)(C)C)C2)c(C)n1C1CCOCC1. The molecule has 2 N–H and O–H groups in total. The minimum absolute atomic E-state index is 0.0157. The van der Waals surface area contributed by atoms with Crippen LogP contribution in [0.2, 0.25) is 0 Å². The van der Waals surface area contributed by atoms with Crippen LogP contribution >= 0.6 is 0 Å². The number of aryl methyl sites for hydroxylation is 1. The molecular formula is C27H40N4O4. The molecule has 2 heterocycles. The summed E-state index contributed by atoms with van der Waals surface area (Å²) >= 11 is 0. The highest BCUT2D eigenvalue weighted by molar-refractivity contribution is 6.00. The maximum absolute atomic E-state index is 13.9. The van der Waals surface area contributed by atoms with E-state index in [2.05, 4.69) is 28.6 Å². The van der Waals surface area contributed by atoms with E-state index in [0.717, 1.165) is 67.8 Å². The first-order chi connectivity index (χ1) is 16.5. The van der Waals surface area contributed by atoms with Crippen LogP contribution in [-0.2, 0) is 9.47 Å².